The largest absolute Gasteiger partial charge is 0.493 e. The van der Waals surface area contributed by atoms with Crippen LogP contribution in [0.2, 0.25) is 0 Å². The summed E-state index contributed by atoms with van der Waals surface area (Å²) in [5.74, 6) is 1.59. The van der Waals surface area contributed by atoms with Crippen LogP contribution < -0.4 is 14.8 Å². The van der Waals surface area contributed by atoms with Crippen molar-refractivity contribution in [2.24, 2.45) is 0 Å². The van der Waals surface area contributed by atoms with E-state index in [1.807, 2.05) is 6.07 Å². The third-order valence-corrected chi connectivity index (χ3v) is 4.59. The van der Waals surface area contributed by atoms with Gasteiger partial charge in [0.1, 0.15) is 0 Å². The number of hydrogen-bond acceptors (Lipinski definition) is 3. The zero-order valence-electron chi connectivity index (χ0n) is 12.0. The Labute approximate surface area is 109 Å². The second-order valence-electron chi connectivity index (χ2n) is 5.70. The standard InChI is InChI=1S/C15H23NO2/c1-14(2)15(3,8-9-16-14)11-6-7-12(17-4)13(10-11)18-5/h6-7,10,16H,8-9H2,1-5H3. The molecule has 0 amide bonds. The highest BCUT2D eigenvalue weighted by molar-refractivity contribution is 5.46. The van der Waals surface area contributed by atoms with Crippen LogP contribution in [0.5, 0.6) is 11.5 Å². The van der Waals surface area contributed by atoms with Crippen molar-refractivity contribution in [1.29, 1.82) is 0 Å². The number of benzene rings is 1. The maximum Gasteiger partial charge on any atom is 0.161 e. The van der Waals surface area contributed by atoms with Gasteiger partial charge in [-0.1, -0.05) is 13.0 Å². The topological polar surface area (TPSA) is 30.5 Å². The van der Waals surface area contributed by atoms with Crippen molar-refractivity contribution in [3.8, 4) is 11.5 Å². The summed E-state index contributed by atoms with van der Waals surface area (Å²) < 4.78 is 10.7. The van der Waals surface area contributed by atoms with Crippen LogP contribution in [-0.4, -0.2) is 26.3 Å². The predicted octanol–water partition coefficient (Wildman–Crippen LogP) is 2.73. The van der Waals surface area contributed by atoms with Crippen molar-refractivity contribution in [2.75, 3.05) is 20.8 Å². The molecule has 1 heterocycles. The van der Waals surface area contributed by atoms with Gasteiger partial charge in [0.15, 0.2) is 11.5 Å². The van der Waals surface area contributed by atoms with E-state index in [1.54, 1.807) is 14.2 Å². The van der Waals surface area contributed by atoms with Crippen LogP contribution in [0.15, 0.2) is 18.2 Å². The lowest BCUT2D eigenvalue weighted by atomic mass is 9.69. The van der Waals surface area contributed by atoms with Gasteiger partial charge in [0, 0.05) is 11.0 Å². The van der Waals surface area contributed by atoms with Crippen molar-refractivity contribution in [2.45, 2.75) is 38.1 Å². The highest BCUT2D eigenvalue weighted by Crippen LogP contribution is 2.44. The fourth-order valence-corrected chi connectivity index (χ4v) is 2.82. The molecule has 0 saturated carbocycles. The summed E-state index contributed by atoms with van der Waals surface area (Å²) in [7, 11) is 3.35. The third kappa shape index (κ3) is 1.87. The second-order valence-corrected chi connectivity index (χ2v) is 5.70. The van der Waals surface area contributed by atoms with Gasteiger partial charge in [0.25, 0.3) is 0 Å². The van der Waals surface area contributed by atoms with E-state index < -0.39 is 0 Å². The molecule has 0 radical (unpaired) electrons. The number of hydrogen-bond donors (Lipinski definition) is 1. The first-order valence-corrected chi connectivity index (χ1v) is 6.42. The molecule has 3 heteroatoms. The number of nitrogens with one attached hydrogen (secondary N) is 1. The zero-order chi connectivity index (χ0) is 13.4. The van der Waals surface area contributed by atoms with Gasteiger partial charge < -0.3 is 14.8 Å². The van der Waals surface area contributed by atoms with E-state index in [4.69, 9.17) is 9.47 Å². The molecule has 18 heavy (non-hydrogen) atoms. The molecule has 0 bridgehead atoms. The Balaban J connectivity index is 2.45. The lowest BCUT2D eigenvalue weighted by Crippen LogP contribution is -2.47. The van der Waals surface area contributed by atoms with Gasteiger partial charge in [0.05, 0.1) is 14.2 Å². The van der Waals surface area contributed by atoms with E-state index in [2.05, 4.69) is 38.2 Å². The Morgan fingerprint density at radius 2 is 1.72 bits per heavy atom. The maximum atomic E-state index is 5.40. The van der Waals surface area contributed by atoms with Gasteiger partial charge in [-0.25, -0.2) is 0 Å². The van der Waals surface area contributed by atoms with E-state index >= 15 is 0 Å². The van der Waals surface area contributed by atoms with Gasteiger partial charge in [-0.3, -0.25) is 0 Å². The normalized spacial score (nSPS) is 26.1. The molecule has 100 valence electrons. The molecule has 1 fully saturated rings. The Morgan fingerprint density at radius 1 is 1.06 bits per heavy atom. The van der Waals surface area contributed by atoms with Crippen molar-refractivity contribution in [3.63, 3.8) is 0 Å². The van der Waals surface area contributed by atoms with Crippen LogP contribution in [0, 0.1) is 0 Å². The molecule has 1 aromatic rings. The van der Waals surface area contributed by atoms with Crippen molar-refractivity contribution in [3.05, 3.63) is 23.8 Å². The van der Waals surface area contributed by atoms with Crippen LogP contribution in [0.3, 0.4) is 0 Å². The van der Waals surface area contributed by atoms with Crippen molar-refractivity contribution in [1.82, 2.24) is 5.32 Å². The molecule has 0 aromatic heterocycles. The number of rotatable bonds is 3. The molecule has 1 atom stereocenters. The summed E-state index contributed by atoms with van der Waals surface area (Å²) >= 11 is 0. The smallest absolute Gasteiger partial charge is 0.161 e. The van der Waals surface area contributed by atoms with E-state index in [-0.39, 0.29) is 11.0 Å². The van der Waals surface area contributed by atoms with E-state index in [0.29, 0.717) is 0 Å². The first kappa shape index (κ1) is 13.2. The minimum atomic E-state index is 0.0899. The average Bonchev–Trinajstić information content (AvgIpc) is 2.64. The molecule has 1 saturated heterocycles. The average molecular weight is 249 g/mol. The Bertz CT molecular complexity index is 442. The summed E-state index contributed by atoms with van der Waals surface area (Å²) in [6, 6.07) is 6.25. The molecule has 2 rings (SSSR count). The SMILES string of the molecule is COc1ccc(C2(C)CCNC2(C)C)cc1OC. The maximum absolute atomic E-state index is 5.40. The Kier molecular flexibility index (Phi) is 3.28. The van der Waals surface area contributed by atoms with Gasteiger partial charge in [-0.15, -0.1) is 0 Å². The summed E-state index contributed by atoms with van der Waals surface area (Å²) in [5, 5.41) is 3.58. The second kappa shape index (κ2) is 4.47. The molecule has 3 nitrogen and oxygen atoms in total. The molecule has 1 aliphatic rings. The zero-order valence-corrected chi connectivity index (χ0v) is 12.0. The Hall–Kier alpha value is -1.22. The van der Waals surface area contributed by atoms with Crippen molar-refractivity contribution >= 4 is 0 Å². The molecule has 0 aliphatic carbocycles. The third-order valence-electron chi connectivity index (χ3n) is 4.59. The Morgan fingerprint density at radius 3 is 2.22 bits per heavy atom. The molecule has 1 aliphatic heterocycles. The van der Waals surface area contributed by atoms with E-state index in [1.165, 1.54) is 5.56 Å². The van der Waals surface area contributed by atoms with E-state index in [0.717, 1.165) is 24.5 Å². The summed E-state index contributed by atoms with van der Waals surface area (Å²) in [4.78, 5) is 0. The quantitative estimate of drug-likeness (QED) is 0.893. The summed E-state index contributed by atoms with van der Waals surface area (Å²) in [6.45, 7) is 7.89. The predicted molar refractivity (Wildman–Crippen MR) is 73.6 cm³/mol. The van der Waals surface area contributed by atoms with Gasteiger partial charge in [-0.05, 0) is 44.5 Å². The summed E-state index contributed by atoms with van der Waals surface area (Å²) in [5.41, 5.74) is 1.51. The minimum Gasteiger partial charge on any atom is -0.493 e. The minimum absolute atomic E-state index is 0.0899. The molecular formula is C15H23NO2. The van der Waals surface area contributed by atoms with E-state index in [9.17, 15) is 0 Å². The fraction of sp³-hybridized carbons (Fsp3) is 0.600. The first-order valence-electron chi connectivity index (χ1n) is 6.42. The van der Waals surface area contributed by atoms with Crippen LogP contribution in [-0.2, 0) is 5.41 Å². The molecule has 1 N–H and O–H groups in total. The monoisotopic (exact) mass is 249 g/mol. The highest BCUT2D eigenvalue weighted by atomic mass is 16.5. The van der Waals surface area contributed by atoms with Crippen molar-refractivity contribution < 1.29 is 9.47 Å². The summed E-state index contributed by atoms with van der Waals surface area (Å²) in [6.07, 6.45) is 1.13. The van der Waals surface area contributed by atoms with Gasteiger partial charge in [0.2, 0.25) is 0 Å². The lowest BCUT2D eigenvalue weighted by Gasteiger charge is -2.38. The van der Waals surface area contributed by atoms with Gasteiger partial charge in [-0.2, -0.15) is 0 Å². The lowest BCUT2D eigenvalue weighted by molar-refractivity contribution is 0.294. The highest BCUT2D eigenvalue weighted by Gasteiger charge is 2.46. The van der Waals surface area contributed by atoms with Crippen LogP contribution in [0.1, 0.15) is 32.8 Å². The van der Waals surface area contributed by atoms with Gasteiger partial charge >= 0.3 is 0 Å². The van der Waals surface area contributed by atoms with Crippen LogP contribution >= 0.6 is 0 Å². The van der Waals surface area contributed by atoms with Crippen LogP contribution in [0.25, 0.3) is 0 Å². The molecule has 1 aromatic carbocycles. The molecule has 1 unspecified atom stereocenters. The fourth-order valence-electron chi connectivity index (χ4n) is 2.82. The molecular weight excluding hydrogens is 226 g/mol. The number of ether oxygens (including phenoxy) is 2. The number of methoxy groups -OCH3 is 2. The first-order chi connectivity index (χ1) is 8.44. The molecule has 0 spiro atoms. The van der Waals surface area contributed by atoms with Crippen LogP contribution in [0.4, 0.5) is 0 Å².